The maximum atomic E-state index is 14.4. The van der Waals surface area contributed by atoms with Gasteiger partial charge in [0.15, 0.2) is 5.65 Å². The van der Waals surface area contributed by atoms with E-state index in [1.54, 1.807) is 69.3 Å². The molecule has 0 radical (unpaired) electrons. The van der Waals surface area contributed by atoms with E-state index in [0.717, 1.165) is 18.4 Å². The number of aliphatic hydroxyl groups is 1. The van der Waals surface area contributed by atoms with Gasteiger partial charge in [-0.15, -0.1) is 0 Å². The molecule has 2 amide bonds. The van der Waals surface area contributed by atoms with Crippen LogP contribution in [0.4, 0.5) is 31.3 Å². The van der Waals surface area contributed by atoms with Crippen LogP contribution in [-0.4, -0.2) is 73.2 Å². The van der Waals surface area contributed by atoms with Crippen LogP contribution < -0.4 is 10.2 Å². The number of hydrogen-bond acceptors (Lipinski definition) is 8. The van der Waals surface area contributed by atoms with Gasteiger partial charge in [0, 0.05) is 24.7 Å². The lowest BCUT2D eigenvalue weighted by atomic mass is 10.0. The first-order chi connectivity index (χ1) is 19.7. The number of benzene rings is 1. The Kier molecular flexibility index (Phi) is 7.78. The minimum absolute atomic E-state index is 0.187. The minimum atomic E-state index is -0.823. The van der Waals surface area contributed by atoms with Gasteiger partial charge in [-0.1, -0.05) is 6.07 Å². The largest absolute Gasteiger partial charge is 0.444 e. The average molecular weight is 583 g/mol. The topological polar surface area (TPSA) is 122 Å². The fourth-order valence-corrected chi connectivity index (χ4v) is 4.90. The Hall–Kier alpha value is -3.93. The summed E-state index contributed by atoms with van der Waals surface area (Å²) in [7, 11) is 0. The summed E-state index contributed by atoms with van der Waals surface area (Å²) in [5.41, 5.74) is 0.247. The molecule has 2 fully saturated rings. The number of rotatable bonds is 5. The van der Waals surface area contributed by atoms with Gasteiger partial charge in [-0.2, -0.15) is 9.61 Å². The van der Waals surface area contributed by atoms with E-state index in [-0.39, 0.29) is 18.1 Å². The molecule has 0 unspecified atom stereocenters. The summed E-state index contributed by atoms with van der Waals surface area (Å²) in [6.07, 6.45) is 2.15. The fraction of sp³-hybridized carbons (Fsp3) is 0.533. The number of carbonyl (C=O) groups excluding carboxylic acids is 2. The zero-order chi connectivity index (χ0) is 30.4. The number of fused-ring (bicyclic) bond motifs is 1. The first-order valence-corrected chi connectivity index (χ1v) is 14.3. The number of aliphatic hydroxyl groups excluding tert-OH is 1. The summed E-state index contributed by atoms with van der Waals surface area (Å²) in [6.45, 7) is 11.2. The molecule has 3 heterocycles. The molecule has 5 rings (SSSR count). The van der Waals surface area contributed by atoms with Crippen molar-refractivity contribution in [3.8, 4) is 0 Å². The molecule has 0 spiro atoms. The van der Waals surface area contributed by atoms with Gasteiger partial charge in [0.25, 0.3) is 0 Å². The number of piperidine rings is 1. The molecule has 1 saturated carbocycles. The number of likely N-dealkylation sites (tertiary alicyclic amines) is 1. The summed E-state index contributed by atoms with van der Waals surface area (Å²) in [5, 5.41) is 18.7. The van der Waals surface area contributed by atoms with Crippen LogP contribution in [0.3, 0.4) is 0 Å². The molecule has 42 heavy (non-hydrogen) atoms. The van der Waals surface area contributed by atoms with E-state index >= 15 is 0 Å². The molecule has 1 saturated heterocycles. The van der Waals surface area contributed by atoms with Gasteiger partial charge >= 0.3 is 12.2 Å². The van der Waals surface area contributed by atoms with Gasteiger partial charge in [-0.3, -0.25) is 0 Å². The lowest BCUT2D eigenvalue weighted by Crippen LogP contribution is -2.53. The van der Waals surface area contributed by atoms with Crippen molar-refractivity contribution in [1.29, 1.82) is 0 Å². The van der Waals surface area contributed by atoms with Crippen LogP contribution in [0.25, 0.3) is 5.65 Å². The fourth-order valence-electron chi connectivity index (χ4n) is 4.90. The highest BCUT2D eigenvalue weighted by atomic mass is 19.1. The Labute approximate surface area is 244 Å². The van der Waals surface area contributed by atoms with Gasteiger partial charge in [0.1, 0.15) is 28.7 Å². The van der Waals surface area contributed by atoms with Crippen molar-refractivity contribution in [2.75, 3.05) is 23.3 Å². The molecule has 2 aromatic heterocycles. The second kappa shape index (κ2) is 11.0. The van der Waals surface area contributed by atoms with Crippen molar-refractivity contribution in [3.63, 3.8) is 0 Å². The van der Waals surface area contributed by atoms with Gasteiger partial charge < -0.3 is 24.8 Å². The second-order valence-electron chi connectivity index (χ2n) is 12.9. The number of carbonyl (C=O) groups is 2. The maximum Gasteiger partial charge on any atom is 0.420 e. The zero-order valence-corrected chi connectivity index (χ0v) is 24.9. The molecule has 1 aliphatic heterocycles. The molecule has 226 valence electrons. The number of nitrogens with one attached hydrogen (secondary N) is 1. The van der Waals surface area contributed by atoms with Gasteiger partial charge in [-0.25, -0.2) is 23.9 Å². The van der Waals surface area contributed by atoms with E-state index in [0.29, 0.717) is 30.3 Å². The smallest absolute Gasteiger partial charge is 0.420 e. The summed E-state index contributed by atoms with van der Waals surface area (Å²) >= 11 is 0. The molecule has 2 atom stereocenters. The lowest BCUT2D eigenvalue weighted by Gasteiger charge is -2.37. The highest BCUT2D eigenvalue weighted by Gasteiger charge is 2.35. The van der Waals surface area contributed by atoms with Crippen LogP contribution in [0.2, 0.25) is 0 Å². The molecule has 3 aromatic rings. The number of ether oxygens (including phenoxy) is 2. The molecule has 12 heteroatoms. The van der Waals surface area contributed by atoms with E-state index < -0.39 is 41.4 Å². The molecule has 11 nitrogen and oxygen atoms in total. The van der Waals surface area contributed by atoms with E-state index in [2.05, 4.69) is 10.4 Å². The first kappa shape index (κ1) is 29.6. The minimum Gasteiger partial charge on any atom is -0.444 e. The molecular weight excluding hydrogens is 543 g/mol. The van der Waals surface area contributed by atoms with Crippen molar-refractivity contribution in [1.82, 2.24) is 19.5 Å². The summed E-state index contributed by atoms with van der Waals surface area (Å²) in [4.78, 5) is 34.1. The van der Waals surface area contributed by atoms with Crippen molar-refractivity contribution >= 4 is 35.2 Å². The number of hydrogen-bond donors (Lipinski definition) is 2. The van der Waals surface area contributed by atoms with Gasteiger partial charge in [0.2, 0.25) is 0 Å². The quantitative estimate of drug-likeness (QED) is 0.399. The molecule has 2 N–H and O–H groups in total. The number of aromatic nitrogens is 3. The average Bonchev–Trinajstić information content (AvgIpc) is 3.62. The number of anilines is 3. The Morgan fingerprint density at radius 2 is 1.79 bits per heavy atom. The Morgan fingerprint density at radius 1 is 1.07 bits per heavy atom. The predicted molar refractivity (Wildman–Crippen MR) is 156 cm³/mol. The molecule has 1 aromatic carbocycles. The molecular formula is C30H39FN6O5. The summed E-state index contributed by atoms with van der Waals surface area (Å²) < 4.78 is 27.3. The van der Waals surface area contributed by atoms with E-state index in [9.17, 15) is 19.1 Å². The van der Waals surface area contributed by atoms with Crippen molar-refractivity contribution in [2.45, 2.75) is 90.1 Å². The van der Waals surface area contributed by atoms with Crippen LogP contribution in [0.15, 0.2) is 36.5 Å². The highest BCUT2D eigenvalue weighted by Crippen LogP contribution is 2.43. The van der Waals surface area contributed by atoms with Crippen LogP contribution >= 0.6 is 0 Å². The van der Waals surface area contributed by atoms with Gasteiger partial charge in [0.05, 0.1) is 24.0 Å². The van der Waals surface area contributed by atoms with Crippen molar-refractivity contribution in [3.05, 3.63) is 47.9 Å². The maximum absolute atomic E-state index is 14.4. The molecule has 0 bridgehead atoms. The van der Waals surface area contributed by atoms with Crippen molar-refractivity contribution < 1.29 is 28.6 Å². The zero-order valence-electron chi connectivity index (χ0n) is 24.9. The molecule has 1 aliphatic carbocycles. The van der Waals surface area contributed by atoms with E-state index in [1.165, 1.54) is 23.1 Å². The Balaban J connectivity index is 1.56. The first-order valence-electron chi connectivity index (χ1n) is 14.3. The van der Waals surface area contributed by atoms with Crippen molar-refractivity contribution in [2.24, 2.45) is 0 Å². The second-order valence-corrected chi connectivity index (χ2v) is 12.9. The third kappa shape index (κ3) is 6.75. The predicted octanol–water partition coefficient (Wildman–Crippen LogP) is 5.60. The highest BCUT2D eigenvalue weighted by molar-refractivity contribution is 5.96. The van der Waals surface area contributed by atoms with E-state index in [1.807, 2.05) is 0 Å². The molecule has 2 aliphatic rings. The monoisotopic (exact) mass is 582 g/mol. The normalized spacial score (nSPS) is 19.5. The Morgan fingerprint density at radius 3 is 2.43 bits per heavy atom. The van der Waals surface area contributed by atoms with Crippen LogP contribution in [0.5, 0.6) is 0 Å². The number of halogens is 1. The van der Waals surface area contributed by atoms with Crippen LogP contribution in [-0.2, 0) is 9.47 Å². The summed E-state index contributed by atoms with van der Waals surface area (Å²) in [5.74, 6) is 0.421. The van der Waals surface area contributed by atoms with Crippen LogP contribution in [0, 0.1) is 5.82 Å². The third-order valence-corrected chi connectivity index (χ3v) is 6.93. The SMILES string of the molecule is CC(C)(C)OC(=O)N1CC[C@H](O)[C@@H](Nc2cc(N(C(=O)OC(C)(C)C)c3cccc(F)c3)n3ncc(C4CC4)c3n2)C1. The van der Waals surface area contributed by atoms with E-state index in [4.69, 9.17) is 14.5 Å². The lowest BCUT2D eigenvalue weighted by molar-refractivity contribution is 0.00688. The van der Waals surface area contributed by atoms with Gasteiger partial charge in [-0.05, 0) is 84.9 Å². The van der Waals surface area contributed by atoms with Crippen LogP contribution in [0.1, 0.15) is 72.3 Å². The number of amides is 2. The summed E-state index contributed by atoms with van der Waals surface area (Å²) in [6, 6.07) is 6.73. The standard InChI is InChI=1S/C30H39FN6O5/c1-29(2,3)41-27(39)35-13-12-23(38)22(17-35)33-24-15-25(37-26(34-24)21(16-32-37)18-10-11-18)36(28(40)42-30(4,5)6)20-9-7-8-19(31)14-20/h7-9,14-16,18,22-23,38H,10-13,17H2,1-6H3,(H,33,34)/t22-,23-/m0/s1. The Bertz CT molecular complexity index is 1480. The third-order valence-electron chi connectivity index (χ3n) is 6.93. The number of nitrogens with zero attached hydrogens (tertiary/aromatic N) is 5.